The average molecular weight is 455 g/mol. The van der Waals surface area contributed by atoms with Crippen LogP contribution in [-0.4, -0.2) is 19.6 Å². The largest absolute Gasteiger partial charge is 0.489 e. The number of hydrogen-bond acceptors (Lipinski definition) is 2. The van der Waals surface area contributed by atoms with Crippen molar-refractivity contribution in [1.82, 2.24) is 10.6 Å². The van der Waals surface area contributed by atoms with Gasteiger partial charge in [-0.15, -0.1) is 24.0 Å². The maximum atomic E-state index is 13.6. The summed E-state index contributed by atoms with van der Waals surface area (Å²) in [5, 5.41) is 6.30. The van der Waals surface area contributed by atoms with Crippen molar-refractivity contribution in [2.24, 2.45) is 4.99 Å². The Bertz CT molecular complexity index is 707. The first-order valence-corrected chi connectivity index (χ1v) is 7.74. The van der Waals surface area contributed by atoms with E-state index in [2.05, 4.69) is 22.2 Å². The van der Waals surface area contributed by atoms with Gasteiger partial charge in [0.25, 0.3) is 0 Å². The zero-order chi connectivity index (χ0) is 17.2. The maximum absolute atomic E-state index is 13.6. The van der Waals surface area contributed by atoms with E-state index in [-0.39, 0.29) is 29.8 Å². The second-order valence-electron chi connectivity index (χ2n) is 5.08. The lowest BCUT2D eigenvalue weighted by atomic mass is 10.2. The molecule has 0 unspecified atom stereocenters. The van der Waals surface area contributed by atoms with Crippen LogP contribution in [0.25, 0.3) is 0 Å². The zero-order valence-electron chi connectivity index (χ0n) is 14.2. The Balaban J connectivity index is 0.00000312. The minimum Gasteiger partial charge on any atom is -0.489 e. The van der Waals surface area contributed by atoms with Crippen LogP contribution < -0.4 is 15.4 Å². The van der Waals surface area contributed by atoms with Gasteiger partial charge in [-0.1, -0.05) is 49.1 Å². The molecule has 4 nitrogen and oxygen atoms in total. The van der Waals surface area contributed by atoms with E-state index in [0.29, 0.717) is 31.2 Å². The lowest BCUT2D eigenvalue weighted by molar-refractivity contribution is 0.358. The quantitative estimate of drug-likeness (QED) is 0.289. The molecule has 0 saturated heterocycles. The number of halogens is 2. The third kappa shape index (κ3) is 6.74. The van der Waals surface area contributed by atoms with E-state index >= 15 is 0 Å². The van der Waals surface area contributed by atoms with Crippen molar-refractivity contribution in [3.8, 4) is 5.75 Å². The molecule has 2 rings (SSSR count). The number of aliphatic imine (C=N–C) groups is 1. The number of nitrogens with one attached hydrogen (secondary N) is 2. The Morgan fingerprint density at radius 2 is 1.68 bits per heavy atom. The molecule has 0 radical (unpaired) electrons. The van der Waals surface area contributed by atoms with Crippen LogP contribution in [0.4, 0.5) is 4.39 Å². The average Bonchev–Trinajstić information content (AvgIpc) is 2.62. The molecule has 0 amide bonds. The Kier molecular flexibility index (Phi) is 9.61. The van der Waals surface area contributed by atoms with Crippen molar-refractivity contribution in [3.63, 3.8) is 0 Å². The molecule has 2 N–H and O–H groups in total. The highest BCUT2D eigenvalue weighted by Gasteiger charge is 2.05. The fraction of sp³-hybridized carbons (Fsp3) is 0.211. The van der Waals surface area contributed by atoms with Crippen LogP contribution in [0.15, 0.2) is 66.2 Å². The molecule has 0 heterocycles. The molecule has 0 aromatic heterocycles. The van der Waals surface area contributed by atoms with E-state index in [1.54, 1.807) is 25.3 Å². The second-order valence-corrected chi connectivity index (χ2v) is 5.08. The van der Waals surface area contributed by atoms with Gasteiger partial charge in [-0.2, -0.15) is 0 Å². The lowest BCUT2D eigenvalue weighted by Gasteiger charge is -2.14. The zero-order valence-corrected chi connectivity index (χ0v) is 16.5. The van der Waals surface area contributed by atoms with Crippen LogP contribution in [0.1, 0.15) is 11.1 Å². The molecule has 0 aliphatic rings. The van der Waals surface area contributed by atoms with Crippen molar-refractivity contribution in [1.29, 1.82) is 0 Å². The molecule has 0 atom stereocenters. The molecular weight excluding hydrogens is 432 g/mol. The molecule has 2 aromatic carbocycles. The lowest BCUT2D eigenvalue weighted by Crippen LogP contribution is -2.36. The van der Waals surface area contributed by atoms with Crippen molar-refractivity contribution < 1.29 is 9.13 Å². The van der Waals surface area contributed by atoms with Crippen LogP contribution in [-0.2, 0) is 13.1 Å². The molecular formula is C19H23FIN3O. The van der Waals surface area contributed by atoms with Crippen molar-refractivity contribution in [3.05, 3.63) is 78.1 Å². The fourth-order valence-corrected chi connectivity index (χ4v) is 2.16. The predicted octanol–water partition coefficient (Wildman–Crippen LogP) is 3.87. The van der Waals surface area contributed by atoms with Gasteiger partial charge in [-0.05, 0) is 12.1 Å². The third-order valence-electron chi connectivity index (χ3n) is 3.40. The monoisotopic (exact) mass is 455 g/mol. The highest BCUT2D eigenvalue weighted by atomic mass is 127. The Morgan fingerprint density at radius 3 is 2.32 bits per heavy atom. The summed E-state index contributed by atoms with van der Waals surface area (Å²) < 4.78 is 19.3. The minimum atomic E-state index is -0.233. The summed E-state index contributed by atoms with van der Waals surface area (Å²) in [5.41, 5.74) is 1.60. The summed E-state index contributed by atoms with van der Waals surface area (Å²) >= 11 is 0. The van der Waals surface area contributed by atoms with Gasteiger partial charge in [-0.3, -0.25) is 4.99 Å². The minimum absolute atomic E-state index is 0. The Morgan fingerprint density at radius 1 is 1.08 bits per heavy atom. The SMILES string of the molecule is C=CCOc1ccccc1CNC(=NC)NCc1ccccc1F.I. The van der Waals surface area contributed by atoms with Crippen LogP contribution in [0, 0.1) is 5.82 Å². The maximum Gasteiger partial charge on any atom is 0.191 e. The van der Waals surface area contributed by atoms with Crippen LogP contribution >= 0.6 is 24.0 Å². The first-order chi connectivity index (χ1) is 11.7. The van der Waals surface area contributed by atoms with E-state index in [1.807, 2.05) is 30.3 Å². The number of guanidine groups is 1. The van der Waals surface area contributed by atoms with Gasteiger partial charge in [0, 0.05) is 31.3 Å². The third-order valence-corrected chi connectivity index (χ3v) is 3.40. The molecule has 2 aromatic rings. The van der Waals surface area contributed by atoms with Gasteiger partial charge >= 0.3 is 0 Å². The van der Waals surface area contributed by atoms with E-state index in [4.69, 9.17) is 4.74 Å². The molecule has 0 saturated carbocycles. The molecule has 0 spiro atoms. The smallest absolute Gasteiger partial charge is 0.191 e. The van der Waals surface area contributed by atoms with Gasteiger partial charge in [0.15, 0.2) is 5.96 Å². The number of nitrogens with zero attached hydrogens (tertiary/aromatic N) is 1. The van der Waals surface area contributed by atoms with E-state index < -0.39 is 0 Å². The number of para-hydroxylation sites is 1. The first kappa shape index (κ1) is 21.0. The summed E-state index contributed by atoms with van der Waals surface area (Å²) in [7, 11) is 1.68. The predicted molar refractivity (Wildman–Crippen MR) is 111 cm³/mol. The van der Waals surface area contributed by atoms with Gasteiger partial charge < -0.3 is 15.4 Å². The molecule has 25 heavy (non-hydrogen) atoms. The van der Waals surface area contributed by atoms with Crippen LogP contribution in [0.2, 0.25) is 0 Å². The number of benzene rings is 2. The summed E-state index contributed by atoms with van der Waals surface area (Å²) in [4.78, 5) is 4.15. The number of ether oxygens (including phenoxy) is 1. The van der Waals surface area contributed by atoms with Gasteiger partial charge in [0.05, 0.1) is 0 Å². The highest BCUT2D eigenvalue weighted by Crippen LogP contribution is 2.17. The van der Waals surface area contributed by atoms with E-state index in [9.17, 15) is 4.39 Å². The standard InChI is InChI=1S/C19H22FN3O.HI/c1-3-12-24-18-11-7-5-9-16(18)14-23-19(21-2)22-13-15-8-4-6-10-17(15)20;/h3-11H,1,12-14H2,2H3,(H2,21,22,23);1H. The molecule has 0 bridgehead atoms. The summed E-state index contributed by atoms with van der Waals surface area (Å²) in [6, 6.07) is 14.4. The Labute approximate surface area is 165 Å². The topological polar surface area (TPSA) is 45.6 Å². The van der Waals surface area contributed by atoms with Crippen molar-refractivity contribution >= 4 is 29.9 Å². The number of hydrogen-bond donors (Lipinski definition) is 2. The summed E-state index contributed by atoms with van der Waals surface area (Å²) in [5.74, 6) is 1.16. The second kappa shape index (κ2) is 11.5. The van der Waals surface area contributed by atoms with Crippen LogP contribution in [0.5, 0.6) is 5.75 Å². The van der Waals surface area contributed by atoms with E-state index in [0.717, 1.165) is 11.3 Å². The summed E-state index contributed by atoms with van der Waals surface area (Å²) in [6.07, 6.45) is 1.71. The highest BCUT2D eigenvalue weighted by molar-refractivity contribution is 14.0. The Hall–Kier alpha value is -2.09. The van der Waals surface area contributed by atoms with Gasteiger partial charge in [0.1, 0.15) is 18.2 Å². The van der Waals surface area contributed by atoms with Crippen LogP contribution in [0.3, 0.4) is 0 Å². The molecule has 0 aliphatic carbocycles. The normalized spacial score (nSPS) is 10.6. The van der Waals surface area contributed by atoms with Gasteiger partial charge in [0.2, 0.25) is 0 Å². The first-order valence-electron chi connectivity index (χ1n) is 7.74. The summed E-state index contributed by atoms with van der Waals surface area (Å²) in [6.45, 7) is 5.02. The molecule has 6 heteroatoms. The molecule has 0 fully saturated rings. The van der Waals surface area contributed by atoms with Crippen molar-refractivity contribution in [2.45, 2.75) is 13.1 Å². The van der Waals surface area contributed by atoms with Crippen molar-refractivity contribution in [2.75, 3.05) is 13.7 Å². The fourth-order valence-electron chi connectivity index (χ4n) is 2.16. The van der Waals surface area contributed by atoms with E-state index in [1.165, 1.54) is 6.07 Å². The molecule has 134 valence electrons. The number of rotatable bonds is 7. The van der Waals surface area contributed by atoms with Gasteiger partial charge in [-0.25, -0.2) is 4.39 Å². The molecule has 0 aliphatic heterocycles.